The quantitative estimate of drug-likeness (QED) is 0.677. The van der Waals surface area contributed by atoms with Crippen molar-refractivity contribution in [2.45, 2.75) is 19.9 Å². The van der Waals surface area contributed by atoms with Gasteiger partial charge in [0.25, 0.3) is 0 Å². The summed E-state index contributed by atoms with van der Waals surface area (Å²) in [5.74, 6) is -0.281. The normalized spacial score (nSPS) is 19.2. The van der Waals surface area contributed by atoms with E-state index >= 15 is 0 Å². The van der Waals surface area contributed by atoms with E-state index in [9.17, 15) is 9.59 Å². The maximum absolute atomic E-state index is 12.1. The minimum Gasteiger partial charge on any atom is -0.378 e. The van der Waals surface area contributed by atoms with E-state index in [-0.39, 0.29) is 17.7 Å². The number of amides is 2. The van der Waals surface area contributed by atoms with Crippen molar-refractivity contribution in [1.29, 1.82) is 0 Å². The SMILES string of the molecule is CNCC(C)C(=O)NC(C)C(=O)N1CCOCC1. The van der Waals surface area contributed by atoms with Gasteiger partial charge in [0.2, 0.25) is 11.8 Å². The highest BCUT2D eigenvalue weighted by Gasteiger charge is 2.24. The summed E-state index contributed by atoms with van der Waals surface area (Å²) in [4.78, 5) is 25.6. The van der Waals surface area contributed by atoms with E-state index < -0.39 is 6.04 Å². The van der Waals surface area contributed by atoms with Crippen molar-refractivity contribution in [2.24, 2.45) is 5.92 Å². The second-order valence-electron chi connectivity index (χ2n) is 4.63. The number of hydrogen-bond acceptors (Lipinski definition) is 4. The Bertz CT molecular complexity index is 290. The van der Waals surface area contributed by atoms with Crippen molar-refractivity contribution in [3.05, 3.63) is 0 Å². The highest BCUT2D eigenvalue weighted by atomic mass is 16.5. The highest BCUT2D eigenvalue weighted by Crippen LogP contribution is 2.02. The lowest BCUT2D eigenvalue weighted by Gasteiger charge is -2.29. The predicted octanol–water partition coefficient (Wildman–Crippen LogP) is -0.795. The van der Waals surface area contributed by atoms with Crippen LogP contribution in [0, 0.1) is 5.92 Å². The van der Waals surface area contributed by atoms with Gasteiger partial charge >= 0.3 is 0 Å². The van der Waals surface area contributed by atoms with Gasteiger partial charge in [-0.25, -0.2) is 0 Å². The lowest BCUT2D eigenvalue weighted by atomic mass is 10.1. The van der Waals surface area contributed by atoms with Gasteiger partial charge in [0.1, 0.15) is 6.04 Å². The molecule has 0 aromatic heterocycles. The van der Waals surface area contributed by atoms with Crippen LogP contribution < -0.4 is 10.6 Å². The van der Waals surface area contributed by atoms with Crippen LogP contribution in [0.1, 0.15) is 13.8 Å². The molecule has 1 fully saturated rings. The average molecular weight is 257 g/mol. The molecule has 0 aliphatic carbocycles. The molecule has 0 spiro atoms. The van der Waals surface area contributed by atoms with Crippen LogP contribution in [0.4, 0.5) is 0 Å². The number of morpholine rings is 1. The van der Waals surface area contributed by atoms with Crippen LogP contribution >= 0.6 is 0 Å². The summed E-state index contributed by atoms with van der Waals surface area (Å²) >= 11 is 0. The molecule has 18 heavy (non-hydrogen) atoms. The monoisotopic (exact) mass is 257 g/mol. The Labute approximate surface area is 108 Å². The van der Waals surface area contributed by atoms with E-state index in [1.54, 1.807) is 18.9 Å². The largest absolute Gasteiger partial charge is 0.378 e. The summed E-state index contributed by atoms with van der Waals surface area (Å²) < 4.78 is 5.19. The number of carbonyl (C=O) groups is 2. The third kappa shape index (κ3) is 4.27. The molecule has 0 bridgehead atoms. The van der Waals surface area contributed by atoms with Gasteiger partial charge < -0.3 is 20.3 Å². The molecule has 0 aromatic rings. The zero-order valence-electron chi connectivity index (χ0n) is 11.4. The zero-order chi connectivity index (χ0) is 13.5. The Balaban J connectivity index is 2.41. The lowest BCUT2D eigenvalue weighted by Crippen LogP contribution is -2.51. The first kappa shape index (κ1) is 14.9. The van der Waals surface area contributed by atoms with Gasteiger partial charge in [-0.2, -0.15) is 0 Å². The fourth-order valence-corrected chi connectivity index (χ4v) is 1.87. The molecule has 2 unspecified atom stereocenters. The number of ether oxygens (including phenoxy) is 1. The van der Waals surface area contributed by atoms with Crippen molar-refractivity contribution in [2.75, 3.05) is 39.9 Å². The maximum Gasteiger partial charge on any atom is 0.245 e. The summed E-state index contributed by atoms with van der Waals surface area (Å²) in [6.45, 7) is 6.51. The molecule has 2 amide bonds. The maximum atomic E-state index is 12.1. The van der Waals surface area contributed by atoms with E-state index in [0.29, 0.717) is 32.8 Å². The first-order chi connectivity index (χ1) is 8.56. The first-order valence-corrected chi connectivity index (χ1v) is 6.37. The number of rotatable bonds is 5. The second-order valence-corrected chi connectivity index (χ2v) is 4.63. The number of carbonyl (C=O) groups excluding carboxylic acids is 2. The van der Waals surface area contributed by atoms with Crippen LogP contribution in [0.25, 0.3) is 0 Å². The average Bonchev–Trinajstić information content (AvgIpc) is 2.39. The van der Waals surface area contributed by atoms with Crippen LogP contribution in [-0.2, 0) is 14.3 Å². The molecule has 1 aliphatic heterocycles. The summed E-state index contributed by atoms with van der Waals surface area (Å²) in [6, 6.07) is -0.477. The summed E-state index contributed by atoms with van der Waals surface area (Å²) in [5, 5.41) is 5.69. The smallest absolute Gasteiger partial charge is 0.245 e. The second kappa shape index (κ2) is 7.33. The fraction of sp³-hybridized carbons (Fsp3) is 0.833. The van der Waals surface area contributed by atoms with Crippen LogP contribution in [0.5, 0.6) is 0 Å². The highest BCUT2D eigenvalue weighted by molar-refractivity contribution is 5.88. The molecular formula is C12H23N3O3. The van der Waals surface area contributed by atoms with Gasteiger partial charge in [0.05, 0.1) is 13.2 Å². The third-order valence-electron chi connectivity index (χ3n) is 3.01. The van der Waals surface area contributed by atoms with Gasteiger partial charge in [0.15, 0.2) is 0 Å². The van der Waals surface area contributed by atoms with Crippen molar-refractivity contribution in [1.82, 2.24) is 15.5 Å². The van der Waals surface area contributed by atoms with Crippen LogP contribution in [0.15, 0.2) is 0 Å². The molecule has 2 atom stereocenters. The Kier molecular flexibility index (Phi) is 6.07. The van der Waals surface area contributed by atoms with Gasteiger partial charge in [-0.3, -0.25) is 9.59 Å². The Hall–Kier alpha value is -1.14. The van der Waals surface area contributed by atoms with Crippen molar-refractivity contribution >= 4 is 11.8 Å². The number of hydrogen-bond donors (Lipinski definition) is 2. The van der Waals surface area contributed by atoms with E-state index in [1.807, 2.05) is 6.92 Å². The number of nitrogens with one attached hydrogen (secondary N) is 2. The lowest BCUT2D eigenvalue weighted by molar-refractivity contribution is -0.140. The molecule has 0 radical (unpaired) electrons. The van der Waals surface area contributed by atoms with E-state index in [0.717, 1.165) is 0 Å². The minimum absolute atomic E-state index is 0.0386. The molecule has 1 aliphatic rings. The molecule has 0 saturated carbocycles. The fourth-order valence-electron chi connectivity index (χ4n) is 1.87. The zero-order valence-corrected chi connectivity index (χ0v) is 11.4. The topological polar surface area (TPSA) is 70.7 Å². The van der Waals surface area contributed by atoms with Crippen LogP contribution in [0.3, 0.4) is 0 Å². The van der Waals surface area contributed by atoms with Gasteiger partial charge in [-0.1, -0.05) is 6.92 Å². The Morgan fingerprint density at radius 2 is 1.89 bits per heavy atom. The van der Waals surface area contributed by atoms with E-state index in [4.69, 9.17) is 4.74 Å². The summed E-state index contributed by atoms with van der Waals surface area (Å²) in [5.41, 5.74) is 0. The molecule has 1 rings (SSSR count). The predicted molar refractivity (Wildman–Crippen MR) is 68.1 cm³/mol. The molecule has 6 nitrogen and oxygen atoms in total. The van der Waals surface area contributed by atoms with Crippen LogP contribution in [0.2, 0.25) is 0 Å². The molecule has 1 heterocycles. The standard InChI is InChI=1S/C12H23N3O3/c1-9(8-13-3)11(16)14-10(2)12(17)15-4-6-18-7-5-15/h9-10,13H,4-8H2,1-3H3,(H,14,16). The Morgan fingerprint density at radius 1 is 1.28 bits per heavy atom. The third-order valence-corrected chi connectivity index (χ3v) is 3.01. The van der Waals surface area contributed by atoms with Gasteiger partial charge in [-0.05, 0) is 14.0 Å². The molecule has 6 heteroatoms. The minimum atomic E-state index is -0.477. The summed E-state index contributed by atoms with van der Waals surface area (Å²) in [6.07, 6.45) is 0. The van der Waals surface area contributed by atoms with Crippen molar-refractivity contribution in [3.8, 4) is 0 Å². The molecular weight excluding hydrogens is 234 g/mol. The van der Waals surface area contributed by atoms with Crippen LogP contribution in [-0.4, -0.2) is 62.7 Å². The van der Waals surface area contributed by atoms with E-state index in [1.165, 1.54) is 0 Å². The van der Waals surface area contributed by atoms with Gasteiger partial charge in [-0.15, -0.1) is 0 Å². The Morgan fingerprint density at radius 3 is 2.44 bits per heavy atom. The van der Waals surface area contributed by atoms with E-state index in [2.05, 4.69) is 10.6 Å². The molecule has 0 aromatic carbocycles. The molecule has 104 valence electrons. The summed E-state index contributed by atoms with van der Waals surface area (Å²) in [7, 11) is 1.80. The van der Waals surface area contributed by atoms with Crippen molar-refractivity contribution < 1.29 is 14.3 Å². The van der Waals surface area contributed by atoms with Crippen molar-refractivity contribution in [3.63, 3.8) is 0 Å². The van der Waals surface area contributed by atoms with Gasteiger partial charge in [0, 0.05) is 25.6 Å². The number of nitrogens with zero attached hydrogens (tertiary/aromatic N) is 1. The first-order valence-electron chi connectivity index (χ1n) is 6.37. The molecule has 2 N–H and O–H groups in total. The molecule has 1 saturated heterocycles.